The Bertz CT molecular complexity index is 2240. The second-order valence-electron chi connectivity index (χ2n) is 10.8. The fraction of sp³-hybridized carbons (Fsp3) is 0.276. The molecule has 246 valence electrons. The Morgan fingerprint density at radius 2 is 1.34 bits per heavy atom. The minimum absolute atomic E-state index is 0.246. The Balaban J connectivity index is 0.000000185. The molecule has 5 aromatic heterocycles. The molecule has 0 spiro atoms. The summed E-state index contributed by atoms with van der Waals surface area (Å²) in [6.07, 6.45) is 3.83. The number of rotatable bonds is 6. The Hall–Kier alpha value is -6.17. The normalized spacial score (nSPS) is 12.8. The van der Waals surface area contributed by atoms with Gasteiger partial charge in [0.05, 0.1) is 5.52 Å². The Morgan fingerprint density at radius 3 is 1.89 bits per heavy atom. The lowest BCUT2D eigenvalue weighted by Crippen LogP contribution is -2.37. The first kappa shape index (κ1) is 32.2. The molecule has 18 heteroatoms. The summed E-state index contributed by atoms with van der Waals surface area (Å²) in [6.45, 7) is 0.231. The van der Waals surface area contributed by atoms with E-state index in [1.165, 1.54) is 28.0 Å². The molecule has 0 aliphatic carbocycles. The van der Waals surface area contributed by atoms with Crippen molar-refractivity contribution in [2.75, 3.05) is 26.7 Å². The number of amides is 2. The van der Waals surface area contributed by atoms with Crippen LogP contribution in [0.15, 0.2) is 40.2 Å². The zero-order chi connectivity index (χ0) is 34.3. The molecule has 18 nitrogen and oxygen atoms in total. The van der Waals surface area contributed by atoms with Crippen molar-refractivity contribution in [1.29, 1.82) is 0 Å². The van der Waals surface area contributed by atoms with Crippen molar-refractivity contribution in [3.63, 3.8) is 0 Å². The summed E-state index contributed by atoms with van der Waals surface area (Å²) in [5.41, 5.74) is 0.780. The number of nitrogens with zero attached hydrogens (tertiary/aromatic N) is 6. The van der Waals surface area contributed by atoms with Crippen LogP contribution < -0.4 is 21.8 Å². The van der Waals surface area contributed by atoms with E-state index in [1.807, 2.05) is 7.05 Å². The summed E-state index contributed by atoms with van der Waals surface area (Å²) in [7, 11) is 4.94. The molecular weight excluding hydrogens is 620 g/mol. The molecule has 2 amide bonds. The van der Waals surface area contributed by atoms with Crippen LogP contribution in [0.3, 0.4) is 0 Å². The quantitative estimate of drug-likeness (QED) is 0.128. The fourth-order valence-electron chi connectivity index (χ4n) is 5.57. The lowest BCUT2D eigenvalue weighted by atomic mass is 10.1. The lowest BCUT2D eigenvalue weighted by molar-refractivity contribution is -0.136. The standard InChI is InChI=1S/C15H18N4O5.C14H12N4O5/c1-17-4-3-9-8(7-17)5-10-13(22)12(14(23)16-6-11(20)21)15(24)18(2)19(9)10;1-17-14(23)11(13(22)16-6-10(19)20)12(21)9-4-7-5-15-3-2-8(7)18(9)17/h5,22H,3-4,6-7H2,1-2H3,(H,16,23)(H,20,21);2-5,21H,6H2,1H3,(H,16,22)(H,19,20). The molecule has 6 N–H and O–H groups in total. The van der Waals surface area contributed by atoms with Gasteiger partial charge in [-0.05, 0) is 30.8 Å². The summed E-state index contributed by atoms with van der Waals surface area (Å²) in [4.78, 5) is 76.2. The minimum Gasteiger partial charge on any atom is -0.505 e. The highest BCUT2D eigenvalue weighted by molar-refractivity contribution is 6.01. The van der Waals surface area contributed by atoms with Gasteiger partial charge in [0, 0.05) is 57.1 Å². The van der Waals surface area contributed by atoms with Gasteiger partial charge in [-0.1, -0.05) is 0 Å². The van der Waals surface area contributed by atoms with E-state index in [2.05, 4.69) is 20.5 Å². The van der Waals surface area contributed by atoms with Gasteiger partial charge in [0.25, 0.3) is 22.9 Å². The highest BCUT2D eigenvalue weighted by atomic mass is 16.4. The van der Waals surface area contributed by atoms with Crippen LogP contribution in [0, 0.1) is 0 Å². The third kappa shape index (κ3) is 5.72. The number of carboxylic acid groups (broad SMARTS) is 2. The van der Waals surface area contributed by atoms with Crippen LogP contribution >= 0.6 is 0 Å². The van der Waals surface area contributed by atoms with Crippen LogP contribution in [-0.4, -0.2) is 99.1 Å². The zero-order valence-electron chi connectivity index (χ0n) is 25.3. The number of hydrogen-bond acceptors (Lipinski definition) is 10. The number of hydrogen-bond donors (Lipinski definition) is 6. The van der Waals surface area contributed by atoms with Crippen LogP contribution in [0.5, 0.6) is 11.5 Å². The van der Waals surface area contributed by atoms with Gasteiger partial charge in [0.15, 0.2) is 11.5 Å². The number of carboxylic acids is 2. The summed E-state index contributed by atoms with van der Waals surface area (Å²) in [5, 5.41) is 42.9. The molecule has 0 bridgehead atoms. The Morgan fingerprint density at radius 1 is 0.809 bits per heavy atom. The predicted molar refractivity (Wildman–Crippen MR) is 164 cm³/mol. The third-order valence-corrected chi connectivity index (χ3v) is 7.74. The SMILES string of the molecule is CN1CCc2c(cc3c(O)c(C(=O)NCC(=O)O)c(=O)n(C)n23)C1.Cn1c(=O)c(C(=O)NCC(=O)O)c(O)c2cc3cnccc3n21. The monoisotopic (exact) mass is 650 g/mol. The highest BCUT2D eigenvalue weighted by Crippen LogP contribution is 2.29. The van der Waals surface area contributed by atoms with E-state index in [-0.39, 0.29) is 5.52 Å². The average Bonchev–Trinajstić information content (AvgIpc) is 3.60. The van der Waals surface area contributed by atoms with Crippen LogP contribution in [0.1, 0.15) is 32.0 Å². The summed E-state index contributed by atoms with van der Waals surface area (Å²) < 4.78 is 5.53. The molecule has 0 radical (unpaired) electrons. The molecule has 47 heavy (non-hydrogen) atoms. The lowest BCUT2D eigenvalue weighted by Gasteiger charge is -2.23. The molecule has 6 rings (SSSR count). The van der Waals surface area contributed by atoms with E-state index < -0.39 is 70.6 Å². The number of aromatic nitrogens is 5. The van der Waals surface area contributed by atoms with Crippen molar-refractivity contribution in [2.45, 2.75) is 13.0 Å². The molecule has 0 unspecified atom stereocenters. The van der Waals surface area contributed by atoms with E-state index in [0.29, 0.717) is 23.0 Å². The number of carbonyl (C=O) groups is 4. The number of pyridine rings is 1. The summed E-state index contributed by atoms with van der Waals surface area (Å²) in [5.74, 6) is -5.28. The maximum atomic E-state index is 12.5. The second kappa shape index (κ2) is 12.3. The van der Waals surface area contributed by atoms with E-state index in [4.69, 9.17) is 10.2 Å². The topological polar surface area (TPSA) is 242 Å². The number of nitrogens with one attached hydrogen (secondary N) is 2. The number of aromatic hydroxyl groups is 2. The van der Waals surface area contributed by atoms with Gasteiger partial charge in [-0.3, -0.25) is 38.3 Å². The number of carbonyl (C=O) groups excluding carboxylic acids is 2. The minimum atomic E-state index is -1.25. The van der Waals surface area contributed by atoms with Gasteiger partial charge < -0.3 is 36.0 Å². The molecule has 1 aliphatic heterocycles. The van der Waals surface area contributed by atoms with E-state index in [9.17, 15) is 39.0 Å². The first-order valence-electron chi connectivity index (χ1n) is 14.0. The molecule has 0 saturated heterocycles. The third-order valence-electron chi connectivity index (χ3n) is 7.74. The van der Waals surface area contributed by atoms with Crippen molar-refractivity contribution < 1.29 is 39.6 Å². The van der Waals surface area contributed by atoms with Gasteiger partial charge in [-0.25, -0.2) is 13.9 Å². The molecule has 5 aromatic rings. The fourth-order valence-corrected chi connectivity index (χ4v) is 5.57. The van der Waals surface area contributed by atoms with Gasteiger partial charge >= 0.3 is 11.9 Å². The molecular formula is C29H30N8O10. The molecule has 0 fully saturated rings. The molecule has 1 aliphatic rings. The molecule has 0 aromatic carbocycles. The van der Waals surface area contributed by atoms with Crippen LogP contribution in [0.4, 0.5) is 0 Å². The average molecular weight is 651 g/mol. The van der Waals surface area contributed by atoms with E-state index >= 15 is 0 Å². The van der Waals surface area contributed by atoms with E-state index in [1.54, 1.807) is 35.1 Å². The summed E-state index contributed by atoms with van der Waals surface area (Å²) in [6, 6.07) is 5.02. The van der Waals surface area contributed by atoms with Gasteiger partial charge in [-0.15, -0.1) is 0 Å². The van der Waals surface area contributed by atoms with Crippen LogP contribution in [0.25, 0.3) is 21.9 Å². The largest absolute Gasteiger partial charge is 0.505 e. The van der Waals surface area contributed by atoms with Crippen molar-refractivity contribution in [1.82, 2.24) is 38.9 Å². The van der Waals surface area contributed by atoms with Gasteiger partial charge in [0.2, 0.25) is 0 Å². The molecule has 0 saturated carbocycles. The molecule has 6 heterocycles. The second-order valence-corrected chi connectivity index (χ2v) is 10.8. The van der Waals surface area contributed by atoms with Crippen molar-refractivity contribution in [3.8, 4) is 11.5 Å². The number of aryl methyl sites for hydroxylation is 2. The van der Waals surface area contributed by atoms with Crippen molar-refractivity contribution in [2.24, 2.45) is 14.1 Å². The van der Waals surface area contributed by atoms with Gasteiger partial charge in [0.1, 0.15) is 35.2 Å². The maximum Gasteiger partial charge on any atom is 0.322 e. The highest BCUT2D eigenvalue weighted by Gasteiger charge is 2.27. The maximum absolute atomic E-state index is 12.5. The van der Waals surface area contributed by atoms with Crippen LogP contribution in [0.2, 0.25) is 0 Å². The Labute approximate surface area is 263 Å². The Kier molecular flexibility index (Phi) is 8.45. The van der Waals surface area contributed by atoms with Crippen LogP contribution in [-0.2, 0) is 36.6 Å². The van der Waals surface area contributed by atoms with Crippen molar-refractivity contribution >= 4 is 45.7 Å². The predicted octanol–water partition coefficient (Wildman–Crippen LogP) is -1.15. The van der Waals surface area contributed by atoms with Crippen molar-refractivity contribution in [3.05, 3.63) is 73.7 Å². The van der Waals surface area contributed by atoms with E-state index in [0.717, 1.165) is 24.2 Å². The first-order chi connectivity index (χ1) is 22.2. The molecule has 0 atom stereocenters. The van der Waals surface area contributed by atoms with Gasteiger partial charge in [-0.2, -0.15) is 0 Å². The first-order valence-corrected chi connectivity index (χ1v) is 14.0. The summed E-state index contributed by atoms with van der Waals surface area (Å²) >= 11 is 0. The number of aliphatic carboxylic acids is 2. The smallest absolute Gasteiger partial charge is 0.322 e. The zero-order valence-corrected chi connectivity index (χ0v) is 25.3. The number of fused-ring (bicyclic) bond motifs is 6. The number of likely N-dealkylation sites (N-methyl/N-ethyl adjacent to an activating group) is 1.